The molecule has 0 aromatic carbocycles. The van der Waals surface area contributed by atoms with Crippen LogP contribution in [0.15, 0.2) is 11.6 Å². The minimum absolute atomic E-state index is 0.304. The molecule has 3 saturated carbocycles. The normalized spacial score (nSPS) is 50.5. The summed E-state index contributed by atoms with van der Waals surface area (Å²) in [7, 11) is 0. The van der Waals surface area contributed by atoms with Crippen LogP contribution in [0.3, 0.4) is 0 Å². The van der Waals surface area contributed by atoms with Crippen molar-refractivity contribution in [2.24, 2.45) is 34.5 Å². The van der Waals surface area contributed by atoms with Gasteiger partial charge in [0.15, 0.2) is 5.78 Å². The first-order chi connectivity index (χ1) is 11.3. The van der Waals surface area contributed by atoms with Crippen LogP contribution in [0.5, 0.6) is 0 Å². The number of carboxylic acid groups (broad SMARTS) is 1. The Morgan fingerprint density at radius 2 is 1.92 bits per heavy atom. The SMILES string of the molecule is C[C@@]12CCC[C@H]1[C@@H]1CCC3=CC(=O)C(C(=O)O)C(O)[C@]3(C)[C@@H]1CC2. The van der Waals surface area contributed by atoms with Gasteiger partial charge < -0.3 is 10.2 Å². The molecule has 0 saturated heterocycles. The molecule has 0 bridgehead atoms. The highest BCUT2D eigenvalue weighted by Gasteiger charge is 2.61. The summed E-state index contributed by atoms with van der Waals surface area (Å²) < 4.78 is 0. The third kappa shape index (κ3) is 1.95. The Balaban J connectivity index is 1.75. The molecule has 3 fully saturated rings. The monoisotopic (exact) mass is 332 g/mol. The number of aliphatic hydroxyl groups excluding tert-OH is 1. The fraction of sp³-hybridized carbons (Fsp3) is 0.800. The van der Waals surface area contributed by atoms with Crippen molar-refractivity contribution in [3.63, 3.8) is 0 Å². The molecule has 132 valence electrons. The third-order valence-electron chi connectivity index (χ3n) is 8.25. The number of hydrogen-bond donors (Lipinski definition) is 2. The van der Waals surface area contributed by atoms with E-state index < -0.39 is 29.2 Å². The van der Waals surface area contributed by atoms with Crippen molar-refractivity contribution in [1.82, 2.24) is 0 Å². The molecule has 0 aliphatic heterocycles. The van der Waals surface area contributed by atoms with Gasteiger partial charge in [-0.2, -0.15) is 0 Å². The minimum Gasteiger partial charge on any atom is -0.481 e. The second kappa shape index (κ2) is 5.17. The highest BCUT2D eigenvalue weighted by molar-refractivity contribution is 6.06. The second-order valence-corrected chi connectivity index (χ2v) is 9.12. The van der Waals surface area contributed by atoms with E-state index in [2.05, 4.69) is 6.92 Å². The van der Waals surface area contributed by atoms with Crippen LogP contribution in [0.1, 0.15) is 58.8 Å². The molecule has 0 spiro atoms. The number of aliphatic carboxylic acids is 1. The van der Waals surface area contributed by atoms with Gasteiger partial charge in [0.1, 0.15) is 5.92 Å². The van der Waals surface area contributed by atoms with Crippen LogP contribution in [-0.2, 0) is 9.59 Å². The quantitative estimate of drug-likeness (QED) is 0.723. The first kappa shape index (κ1) is 16.3. The lowest BCUT2D eigenvalue weighted by atomic mass is 9.46. The van der Waals surface area contributed by atoms with Gasteiger partial charge in [0, 0.05) is 5.41 Å². The molecule has 2 N–H and O–H groups in total. The van der Waals surface area contributed by atoms with Gasteiger partial charge in [-0.1, -0.05) is 25.8 Å². The van der Waals surface area contributed by atoms with Gasteiger partial charge in [-0.25, -0.2) is 0 Å². The van der Waals surface area contributed by atoms with E-state index in [9.17, 15) is 19.8 Å². The predicted molar refractivity (Wildman–Crippen MR) is 89.2 cm³/mol. The lowest BCUT2D eigenvalue weighted by Gasteiger charge is -2.59. The largest absolute Gasteiger partial charge is 0.481 e. The Labute approximate surface area is 143 Å². The van der Waals surface area contributed by atoms with Crippen molar-refractivity contribution < 1.29 is 19.8 Å². The van der Waals surface area contributed by atoms with E-state index in [0.717, 1.165) is 24.8 Å². The minimum atomic E-state index is -1.30. The van der Waals surface area contributed by atoms with Crippen LogP contribution in [0.2, 0.25) is 0 Å². The number of hydrogen-bond acceptors (Lipinski definition) is 3. The number of aliphatic hydroxyl groups is 1. The van der Waals surface area contributed by atoms with Crippen molar-refractivity contribution in [1.29, 1.82) is 0 Å². The van der Waals surface area contributed by atoms with Gasteiger partial charge >= 0.3 is 5.97 Å². The van der Waals surface area contributed by atoms with Gasteiger partial charge in [0.25, 0.3) is 0 Å². The molecule has 2 unspecified atom stereocenters. The average molecular weight is 332 g/mol. The number of carboxylic acids is 1. The fourth-order valence-corrected chi connectivity index (χ4v) is 6.91. The van der Waals surface area contributed by atoms with E-state index in [0.29, 0.717) is 23.2 Å². The molecule has 4 aliphatic carbocycles. The highest BCUT2D eigenvalue weighted by atomic mass is 16.4. The molecule has 24 heavy (non-hydrogen) atoms. The van der Waals surface area contributed by atoms with Gasteiger partial charge in [0.05, 0.1) is 6.10 Å². The topological polar surface area (TPSA) is 74.6 Å². The first-order valence-corrected chi connectivity index (χ1v) is 9.45. The maximum absolute atomic E-state index is 12.2. The second-order valence-electron chi connectivity index (χ2n) is 9.12. The van der Waals surface area contributed by atoms with E-state index in [1.807, 2.05) is 6.92 Å². The Hall–Kier alpha value is -1.16. The lowest BCUT2D eigenvalue weighted by molar-refractivity contribution is -0.161. The Bertz CT molecular complexity index is 623. The zero-order valence-corrected chi connectivity index (χ0v) is 14.6. The predicted octanol–water partition coefficient (Wildman–Crippen LogP) is 3.19. The van der Waals surface area contributed by atoms with Crippen molar-refractivity contribution in [3.05, 3.63) is 11.6 Å². The van der Waals surface area contributed by atoms with Gasteiger partial charge in [0.2, 0.25) is 0 Å². The summed E-state index contributed by atoms with van der Waals surface area (Å²) >= 11 is 0. The molecule has 4 aliphatic rings. The third-order valence-corrected chi connectivity index (χ3v) is 8.25. The van der Waals surface area contributed by atoms with Crippen LogP contribution in [0, 0.1) is 34.5 Å². The van der Waals surface area contributed by atoms with E-state index in [1.165, 1.54) is 25.7 Å². The Kier molecular flexibility index (Phi) is 3.51. The number of carbonyl (C=O) groups excluding carboxylic acids is 1. The summed E-state index contributed by atoms with van der Waals surface area (Å²) in [6.07, 6.45) is 8.46. The number of ketones is 1. The molecule has 0 amide bonds. The van der Waals surface area contributed by atoms with Crippen molar-refractivity contribution in [3.8, 4) is 0 Å². The molecule has 4 heteroatoms. The van der Waals surface area contributed by atoms with Crippen molar-refractivity contribution in [2.45, 2.75) is 64.9 Å². The van der Waals surface area contributed by atoms with Crippen molar-refractivity contribution in [2.75, 3.05) is 0 Å². The molecule has 0 aromatic heterocycles. The zero-order valence-electron chi connectivity index (χ0n) is 14.6. The van der Waals surface area contributed by atoms with Gasteiger partial charge in [-0.05, 0) is 67.8 Å². The van der Waals surface area contributed by atoms with Crippen LogP contribution < -0.4 is 0 Å². The summed E-state index contributed by atoms with van der Waals surface area (Å²) in [6, 6.07) is 0. The molecule has 4 nitrogen and oxygen atoms in total. The van der Waals surface area contributed by atoms with Crippen LogP contribution in [0.25, 0.3) is 0 Å². The van der Waals surface area contributed by atoms with Gasteiger partial charge in [-0.3, -0.25) is 9.59 Å². The molecule has 7 atom stereocenters. The summed E-state index contributed by atoms with van der Waals surface area (Å²) in [6.45, 7) is 4.45. The standard InChI is InChI=1S/C20H28O4/c1-19-8-3-4-13(19)12-6-5-11-10-15(21)16(18(23)24)17(22)20(11,2)14(12)7-9-19/h10,12-14,16-17,22H,3-9H2,1-2H3,(H,23,24)/t12-,13-,14+,16?,17?,19-,20-/m0/s1. The maximum atomic E-state index is 12.2. The molecular weight excluding hydrogens is 304 g/mol. The maximum Gasteiger partial charge on any atom is 0.317 e. The molecule has 4 rings (SSSR count). The van der Waals surface area contributed by atoms with Crippen LogP contribution >= 0.6 is 0 Å². The highest BCUT2D eigenvalue weighted by Crippen LogP contribution is 2.65. The molecule has 0 radical (unpaired) electrons. The fourth-order valence-electron chi connectivity index (χ4n) is 6.91. The average Bonchev–Trinajstić information content (AvgIpc) is 2.90. The van der Waals surface area contributed by atoms with E-state index >= 15 is 0 Å². The Morgan fingerprint density at radius 3 is 2.62 bits per heavy atom. The lowest BCUT2D eigenvalue weighted by Crippen LogP contribution is -2.58. The van der Waals surface area contributed by atoms with E-state index in [4.69, 9.17) is 0 Å². The van der Waals surface area contributed by atoms with E-state index in [-0.39, 0.29) is 0 Å². The van der Waals surface area contributed by atoms with Crippen LogP contribution in [-0.4, -0.2) is 28.1 Å². The summed E-state index contributed by atoms with van der Waals surface area (Å²) in [5, 5.41) is 20.4. The van der Waals surface area contributed by atoms with Crippen molar-refractivity contribution >= 4 is 11.8 Å². The molecular formula is C20H28O4. The molecule has 0 heterocycles. The summed E-state index contributed by atoms with van der Waals surface area (Å²) in [5.41, 5.74) is 0.879. The zero-order chi connectivity index (χ0) is 17.3. The number of rotatable bonds is 1. The number of carbonyl (C=O) groups is 2. The van der Waals surface area contributed by atoms with Crippen LogP contribution in [0.4, 0.5) is 0 Å². The van der Waals surface area contributed by atoms with E-state index in [1.54, 1.807) is 6.08 Å². The smallest absolute Gasteiger partial charge is 0.317 e. The summed E-state index contributed by atoms with van der Waals surface area (Å²) in [4.78, 5) is 23.8. The summed E-state index contributed by atoms with van der Waals surface area (Å²) in [5.74, 6) is -1.35. The van der Waals surface area contributed by atoms with Gasteiger partial charge in [-0.15, -0.1) is 0 Å². The Morgan fingerprint density at radius 1 is 1.17 bits per heavy atom. The molecule has 0 aromatic rings. The first-order valence-electron chi connectivity index (χ1n) is 9.45. The number of fused-ring (bicyclic) bond motifs is 5.